The van der Waals surface area contributed by atoms with Gasteiger partial charge < -0.3 is 10.5 Å². The van der Waals surface area contributed by atoms with Gasteiger partial charge in [0.05, 0.1) is 16.1 Å². The number of urea groups is 1. The molecule has 0 radical (unpaired) electrons. The number of imide groups is 1. The monoisotopic (exact) mass is 405 g/mol. The van der Waals surface area contributed by atoms with Crippen LogP contribution in [0.1, 0.15) is 15.9 Å². The molecule has 0 atom stereocenters. The molecule has 0 aliphatic heterocycles. The number of primary amides is 1. The SMILES string of the molecule is Cc1ccc(N(C)S(=O)(=O)c2cccc(C(=O)OCC(=O)NC(N)=O)c2)cc1. The van der Waals surface area contributed by atoms with Crippen LogP contribution >= 0.6 is 0 Å². The van der Waals surface area contributed by atoms with Crippen LogP contribution < -0.4 is 15.4 Å². The van der Waals surface area contributed by atoms with E-state index in [0.717, 1.165) is 15.9 Å². The Morgan fingerprint density at radius 3 is 2.36 bits per heavy atom. The lowest BCUT2D eigenvalue weighted by Gasteiger charge is -2.20. The summed E-state index contributed by atoms with van der Waals surface area (Å²) in [6, 6.07) is 11.1. The average molecular weight is 405 g/mol. The van der Waals surface area contributed by atoms with Crippen LogP contribution in [0.2, 0.25) is 0 Å². The average Bonchev–Trinajstić information content (AvgIpc) is 2.65. The van der Waals surface area contributed by atoms with Crippen molar-refractivity contribution in [3.63, 3.8) is 0 Å². The van der Waals surface area contributed by atoms with Gasteiger partial charge in [0.1, 0.15) is 0 Å². The zero-order valence-corrected chi connectivity index (χ0v) is 16.0. The number of aryl methyl sites for hydroxylation is 1. The largest absolute Gasteiger partial charge is 0.452 e. The molecule has 0 unspecified atom stereocenters. The molecule has 2 rings (SSSR count). The molecule has 0 fully saturated rings. The van der Waals surface area contributed by atoms with Crippen molar-refractivity contribution in [1.82, 2.24) is 5.32 Å². The Morgan fingerprint density at radius 2 is 1.75 bits per heavy atom. The zero-order valence-electron chi connectivity index (χ0n) is 15.2. The standard InChI is InChI=1S/C18H19N3O6S/c1-12-6-8-14(9-7-12)21(2)28(25,26)15-5-3-4-13(10-15)17(23)27-11-16(22)20-18(19)24/h3-10H,11H2,1-2H3,(H3,19,20,22,24). The molecule has 28 heavy (non-hydrogen) atoms. The lowest BCUT2D eigenvalue weighted by atomic mass is 10.2. The smallest absolute Gasteiger partial charge is 0.338 e. The van der Waals surface area contributed by atoms with Crippen molar-refractivity contribution in [2.75, 3.05) is 18.0 Å². The number of sulfonamides is 1. The van der Waals surface area contributed by atoms with E-state index in [2.05, 4.69) is 0 Å². The first-order valence-electron chi connectivity index (χ1n) is 8.03. The second kappa shape index (κ2) is 8.53. The van der Waals surface area contributed by atoms with E-state index in [1.165, 1.54) is 25.2 Å². The van der Waals surface area contributed by atoms with Crippen LogP contribution in [0.25, 0.3) is 0 Å². The van der Waals surface area contributed by atoms with E-state index in [9.17, 15) is 22.8 Å². The van der Waals surface area contributed by atoms with Gasteiger partial charge in [0.15, 0.2) is 6.61 Å². The second-order valence-corrected chi connectivity index (χ2v) is 7.79. The molecule has 2 aromatic carbocycles. The van der Waals surface area contributed by atoms with Crippen molar-refractivity contribution in [2.45, 2.75) is 11.8 Å². The maximum absolute atomic E-state index is 12.8. The van der Waals surface area contributed by atoms with Crippen LogP contribution in [0.5, 0.6) is 0 Å². The van der Waals surface area contributed by atoms with Gasteiger partial charge in [-0.3, -0.25) is 14.4 Å². The number of hydrogen-bond donors (Lipinski definition) is 2. The van der Waals surface area contributed by atoms with Crippen LogP contribution in [-0.4, -0.2) is 40.0 Å². The number of anilines is 1. The molecule has 0 saturated heterocycles. The minimum Gasteiger partial charge on any atom is -0.452 e. The minimum absolute atomic E-state index is 0.0646. The molecule has 0 aromatic heterocycles. The van der Waals surface area contributed by atoms with Crippen LogP contribution in [-0.2, 0) is 19.6 Å². The Hall–Kier alpha value is -3.40. The summed E-state index contributed by atoms with van der Waals surface area (Å²) in [7, 11) is -2.52. The van der Waals surface area contributed by atoms with Crippen molar-refractivity contribution in [3.8, 4) is 0 Å². The molecule has 0 bridgehead atoms. The number of carbonyl (C=O) groups excluding carboxylic acids is 3. The molecular formula is C18H19N3O6S. The first-order chi connectivity index (χ1) is 13.1. The van der Waals surface area contributed by atoms with E-state index in [1.807, 2.05) is 6.92 Å². The fraction of sp³-hybridized carbons (Fsp3) is 0.167. The van der Waals surface area contributed by atoms with Gasteiger partial charge in [-0.2, -0.15) is 0 Å². The van der Waals surface area contributed by atoms with Crippen LogP contribution in [0.15, 0.2) is 53.4 Å². The molecular weight excluding hydrogens is 386 g/mol. The second-order valence-electron chi connectivity index (χ2n) is 5.82. The summed E-state index contributed by atoms with van der Waals surface area (Å²) in [6.07, 6.45) is 0. The van der Waals surface area contributed by atoms with E-state index in [-0.39, 0.29) is 10.5 Å². The van der Waals surface area contributed by atoms with Crippen molar-refractivity contribution in [2.24, 2.45) is 5.73 Å². The maximum Gasteiger partial charge on any atom is 0.338 e. The number of ether oxygens (including phenoxy) is 1. The number of amides is 3. The Balaban J connectivity index is 2.19. The fourth-order valence-corrected chi connectivity index (χ4v) is 3.46. The van der Waals surface area contributed by atoms with Gasteiger partial charge in [0, 0.05) is 7.05 Å². The lowest BCUT2D eigenvalue weighted by molar-refractivity contribution is -0.123. The number of rotatable bonds is 6. The number of benzene rings is 2. The first-order valence-corrected chi connectivity index (χ1v) is 9.47. The summed E-state index contributed by atoms with van der Waals surface area (Å²) in [5.74, 6) is -1.82. The van der Waals surface area contributed by atoms with Gasteiger partial charge >= 0.3 is 12.0 Å². The number of nitrogens with zero attached hydrogens (tertiary/aromatic N) is 1. The summed E-state index contributed by atoms with van der Waals surface area (Å²) < 4.78 is 31.5. The van der Waals surface area contributed by atoms with Crippen molar-refractivity contribution < 1.29 is 27.5 Å². The molecule has 0 heterocycles. The molecule has 9 nitrogen and oxygen atoms in total. The topological polar surface area (TPSA) is 136 Å². The highest BCUT2D eigenvalue weighted by atomic mass is 32.2. The third kappa shape index (κ3) is 5.07. The quantitative estimate of drug-likeness (QED) is 0.693. The Labute approximate surface area is 162 Å². The van der Waals surface area contributed by atoms with Gasteiger partial charge in [-0.15, -0.1) is 0 Å². The Bertz CT molecular complexity index is 1000. The van der Waals surface area contributed by atoms with E-state index >= 15 is 0 Å². The normalized spacial score (nSPS) is 10.8. The predicted molar refractivity (Wildman–Crippen MR) is 101 cm³/mol. The van der Waals surface area contributed by atoms with E-state index in [0.29, 0.717) is 5.69 Å². The molecule has 3 N–H and O–H groups in total. The molecule has 3 amide bonds. The van der Waals surface area contributed by atoms with Crippen LogP contribution in [0.4, 0.5) is 10.5 Å². The van der Waals surface area contributed by atoms with Gasteiger partial charge in [-0.05, 0) is 37.3 Å². The number of hydrogen-bond acceptors (Lipinski definition) is 6. The highest BCUT2D eigenvalue weighted by molar-refractivity contribution is 7.92. The first kappa shape index (κ1) is 20.9. The molecule has 2 aromatic rings. The fourth-order valence-electron chi connectivity index (χ4n) is 2.22. The van der Waals surface area contributed by atoms with Gasteiger partial charge in [-0.25, -0.2) is 18.0 Å². The number of carbonyl (C=O) groups is 3. The molecule has 0 saturated carbocycles. The summed E-state index contributed by atoms with van der Waals surface area (Å²) in [5.41, 5.74) is 6.16. The molecule has 0 aliphatic carbocycles. The molecule has 10 heteroatoms. The summed E-state index contributed by atoms with van der Waals surface area (Å²) in [5, 5.41) is 1.74. The Morgan fingerprint density at radius 1 is 1.11 bits per heavy atom. The number of nitrogens with two attached hydrogens (primary N) is 1. The Kier molecular flexibility index (Phi) is 6.37. The highest BCUT2D eigenvalue weighted by Gasteiger charge is 2.23. The minimum atomic E-state index is -3.92. The van der Waals surface area contributed by atoms with Crippen molar-refractivity contribution in [3.05, 3.63) is 59.7 Å². The van der Waals surface area contributed by atoms with E-state index in [4.69, 9.17) is 10.5 Å². The summed E-state index contributed by atoms with van der Waals surface area (Å²) in [4.78, 5) is 33.8. The van der Waals surface area contributed by atoms with Crippen molar-refractivity contribution in [1.29, 1.82) is 0 Å². The van der Waals surface area contributed by atoms with Gasteiger partial charge in [0.25, 0.3) is 15.9 Å². The number of nitrogens with one attached hydrogen (secondary N) is 1. The predicted octanol–water partition coefficient (Wildman–Crippen LogP) is 1.17. The van der Waals surface area contributed by atoms with E-state index < -0.39 is 34.5 Å². The summed E-state index contributed by atoms with van der Waals surface area (Å²) in [6.45, 7) is 1.15. The van der Waals surface area contributed by atoms with Gasteiger partial charge in [0.2, 0.25) is 0 Å². The zero-order chi connectivity index (χ0) is 20.9. The molecule has 0 spiro atoms. The van der Waals surface area contributed by atoms with Crippen LogP contribution in [0.3, 0.4) is 0 Å². The van der Waals surface area contributed by atoms with Crippen molar-refractivity contribution >= 4 is 33.6 Å². The molecule has 148 valence electrons. The van der Waals surface area contributed by atoms with Crippen LogP contribution in [0, 0.1) is 6.92 Å². The van der Waals surface area contributed by atoms with Gasteiger partial charge in [-0.1, -0.05) is 23.8 Å². The maximum atomic E-state index is 12.8. The molecule has 0 aliphatic rings. The lowest BCUT2D eigenvalue weighted by Crippen LogP contribution is -2.37. The van der Waals surface area contributed by atoms with E-state index in [1.54, 1.807) is 29.6 Å². The summed E-state index contributed by atoms with van der Waals surface area (Å²) >= 11 is 0. The highest BCUT2D eigenvalue weighted by Crippen LogP contribution is 2.23. The number of esters is 1. The third-order valence-corrected chi connectivity index (χ3v) is 5.50. The third-order valence-electron chi connectivity index (χ3n) is 3.72.